The van der Waals surface area contributed by atoms with E-state index in [1.54, 1.807) is 12.1 Å². The molecule has 2 aromatic rings. The minimum absolute atomic E-state index is 0.195. The number of carbonyl (C=O) groups is 2. The minimum atomic E-state index is -0.549. The lowest BCUT2D eigenvalue weighted by molar-refractivity contribution is -0.119. The van der Waals surface area contributed by atoms with Crippen molar-refractivity contribution in [1.82, 2.24) is 15.1 Å². The third-order valence-corrected chi connectivity index (χ3v) is 5.46. The van der Waals surface area contributed by atoms with E-state index in [-0.39, 0.29) is 25.1 Å². The molecule has 158 valence electrons. The summed E-state index contributed by atoms with van der Waals surface area (Å²) < 4.78 is 27.3. The molecule has 1 N–H and O–H groups in total. The van der Waals surface area contributed by atoms with Gasteiger partial charge in [-0.25, -0.2) is 9.18 Å². The zero-order valence-electron chi connectivity index (χ0n) is 16.5. The first kappa shape index (κ1) is 18.9. The number of cyclic esters (lactones) is 1. The number of epoxide rings is 1. The lowest BCUT2D eigenvalue weighted by atomic mass is 10.2. The highest BCUT2D eigenvalue weighted by Crippen LogP contribution is 2.33. The van der Waals surface area contributed by atoms with Gasteiger partial charge in [0.2, 0.25) is 5.91 Å². The van der Waals surface area contributed by atoms with Gasteiger partial charge in [-0.15, -0.1) is 0 Å². The first-order valence-corrected chi connectivity index (χ1v) is 9.90. The van der Waals surface area contributed by atoms with Crippen molar-refractivity contribution < 1.29 is 23.5 Å². The number of hydrogen-bond donors (Lipinski definition) is 1. The van der Waals surface area contributed by atoms with Crippen LogP contribution < -0.4 is 15.1 Å². The predicted octanol–water partition coefficient (Wildman–Crippen LogP) is 1.40. The third kappa shape index (κ3) is 3.70. The third-order valence-electron chi connectivity index (χ3n) is 5.46. The van der Waals surface area contributed by atoms with E-state index in [9.17, 15) is 14.0 Å². The Labute approximate surface area is 172 Å². The molecular formula is C20H22FN5O4. The van der Waals surface area contributed by atoms with Crippen LogP contribution in [0.1, 0.15) is 18.2 Å². The molecule has 30 heavy (non-hydrogen) atoms. The fraction of sp³-hybridized carbons (Fsp3) is 0.450. The molecule has 0 aliphatic carbocycles. The van der Waals surface area contributed by atoms with Crippen molar-refractivity contribution in [3.8, 4) is 0 Å². The van der Waals surface area contributed by atoms with E-state index in [0.29, 0.717) is 24.5 Å². The topological polar surface area (TPSA) is 92.2 Å². The van der Waals surface area contributed by atoms with E-state index < -0.39 is 18.0 Å². The standard InChI is InChI=1S/C20H22FN5O4/c1-12(27)22-5-15-9-26(20(28)30-15)14-2-3-19(17(21)4-14)24-6-13-7-25(8-16-11-29-16)23-18(13)10-24/h2-4,7,15-16H,5-6,8-11H2,1H3,(H,22,27)/t15-,16+/m0/s1. The Hall–Kier alpha value is -3.14. The van der Waals surface area contributed by atoms with Crippen LogP contribution in [0, 0.1) is 5.82 Å². The SMILES string of the molecule is CC(=O)NC[C@H]1CN(c2ccc(N3Cc4cn(C[C@@H]5CO5)nc4C3)c(F)c2)C(=O)O1. The number of amides is 2. The van der Waals surface area contributed by atoms with Crippen LogP contribution in [0.5, 0.6) is 0 Å². The number of benzene rings is 1. The summed E-state index contributed by atoms with van der Waals surface area (Å²) in [7, 11) is 0. The Kier molecular flexibility index (Phi) is 4.58. The average Bonchev–Trinajstić information content (AvgIpc) is 3.12. The summed E-state index contributed by atoms with van der Waals surface area (Å²) in [6, 6.07) is 4.73. The first-order valence-electron chi connectivity index (χ1n) is 9.90. The average molecular weight is 415 g/mol. The maximum atomic E-state index is 14.9. The number of nitrogens with one attached hydrogen (secondary N) is 1. The highest BCUT2D eigenvalue weighted by atomic mass is 19.1. The molecule has 5 rings (SSSR count). The highest BCUT2D eigenvalue weighted by molar-refractivity contribution is 5.90. The fourth-order valence-corrected chi connectivity index (χ4v) is 3.87. The van der Waals surface area contributed by atoms with E-state index in [1.165, 1.54) is 17.9 Å². The number of ether oxygens (including phenoxy) is 2. The monoisotopic (exact) mass is 415 g/mol. The number of fused-ring (bicyclic) bond motifs is 1. The van der Waals surface area contributed by atoms with Crippen molar-refractivity contribution in [3.63, 3.8) is 0 Å². The van der Waals surface area contributed by atoms with Crippen LogP contribution >= 0.6 is 0 Å². The summed E-state index contributed by atoms with van der Waals surface area (Å²) in [5.74, 6) is -0.603. The van der Waals surface area contributed by atoms with E-state index in [1.807, 2.05) is 15.8 Å². The molecule has 9 nitrogen and oxygen atoms in total. The molecule has 1 aromatic heterocycles. The van der Waals surface area contributed by atoms with Crippen molar-refractivity contribution >= 4 is 23.4 Å². The van der Waals surface area contributed by atoms with Gasteiger partial charge in [0.1, 0.15) is 18.0 Å². The minimum Gasteiger partial charge on any atom is -0.442 e. The van der Waals surface area contributed by atoms with Crippen molar-refractivity contribution in [1.29, 1.82) is 0 Å². The summed E-state index contributed by atoms with van der Waals surface area (Å²) in [6.45, 7) is 4.54. The number of aromatic nitrogens is 2. The molecule has 4 heterocycles. The quantitative estimate of drug-likeness (QED) is 0.717. The molecule has 0 radical (unpaired) electrons. The number of rotatable bonds is 6. The van der Waals surface area contributed by atoms with E-state index in [0.717, 1.165) is 24.4 Å². The van der Waals surface area contributed by atoms with E-state index in [4.69, 9.17) is 9.47 Å². The van der Waals surface area contributed by atoms with Gasteiger partial charge < -0.3 is 19.7 Å². The molecule has 3 aliphatic heterocycles. The Bertz CT molecular complexity index is 982. The van der Waals surface area contributed by atoms with Crippen LogP contribution in [-0.4, -0.2) is 53.7 Å². The van der Waals surface area contributed by atoms with Crippen molar-refractivity contribution in [2.45, 2.75) is 38.8 Å². The zero-order valence-corrected chi connectivity index (χ0v) is 16.5. The summed E-state index contributed by atoms with van der Waals surface area (Å²) in [6.07, 6.45) is 1.25. The number of halogens is 1. The molecule has 0 unspecified atom stereocenters. The van der Waals surface area contributed by atoms with Gasteiger partial charge in [0.05, 0.1) is 49.9 Å². The molecule has 0 saturated carbocycles. The predicted molar refractivity (Wildman–Crippen MR) is 105 cm³/mol. The van der Waals surface area contributed by atoms with Crippen LogP contribution in [0.25, 0.3) is 0 Å². The van der Waals surface area contributed by atoms with Gasteiger partial charge in [0.15, 0.2) is 0 Å². The summed E-state index contributed by atoms with van der Waals surface area (Å²) in [5, 5.41) is 7.20. The second-order valence-electron chi connectivity index (χ2n) is 7.82. The lowest BCUT2D eigenvalue weighted by Gasteiger charge is -2.21. The van der Waals surface area contributed by atoms with Gasteiger partial charge in [-0.05, 0) is 18.2 Å². The van der Waals surface area contributed by atoms with Crippen LogP contribution in [0.2, 0.25) is 0 Å². The second kappa shape index (κ2) is 7.28. The number of carbonyl (C=O) groups excluding carboxylic acids is 2. The first-order chi connectivity index (χ1) is 14.5. The smallest absolute Gasteiger partial charge is 0.414 e. The fourth-order valence-electron chi connectivity index (χ4n) is 3.87. The Morgan fingerprint density at radius 2 is 2.17 bits per heavy atom. The number of nitrogens with zero attached hydrogens (tertiary/aromatic N) is 4. The molecule has 3 aliphatic rings. The Morgan fingerprint density at radius 1 is 1.33 bits per heavy atom. The van der Waals surface area contributed by atoms with E-state index >= 15 is 0 Å². The Balaban J connectivity index is 1.25. The van der Waals surface area contributed by atoms with Crippen LogP contribution in [-0.2, 0) is 33.9 Å². The van der Waals surface area contributed by atoms with Crippen molar-refractivity contribution in [3.05, 3.63) is 41.5 Å². The van der Waals surface area contributed by atoms with Crippen molar-refractivity contribution in [2.75, 3.05) is 29.5 Å². The number of hydrogen-bond acceptors (Lipinski definition) is 6. The second-order valence-corrected chi connectivity index (χ2v) is 7.82. The summed E-state index contributed by atoms with van der Waals surface area (Å²) >= 11 is 0. The number of anilines is 2. The molecule has 0 spiro atoms. The largest absolute Gasteiger partial charge is 0.442 e. The lowest BCUT2D eigenvalue weighted by Crippen LogP contribution is -2.33. The normalized spacial score (nSPS) is 22.3. The molecule has 0 bridgehead atoms. The molecule has 2 fully saturated rings. The van der Waals surface area contributed by atoms with Crippen LogP contribution in [0.3, 0.4) is 0 Å². The maximum Gasteiger partial charge on any atom is 0.414 e. The van der Waals surface area contributed by atoms with Crippen molar-refractivity contribution in [2.24, 2.45) is 0 Å². The molecule has 2 saturated heterocycles. The van der Waals surface area contributed by atoms with Crippen LogP contribution in [0.4, 0.5) is 20.6 Å². The maximum absolute atomic E-state index is 14.9. The molecular weight excluding hydrogens is 393 g/mol. The van der Waals surface area contributed by atoms with Crippen LogP contribution in [0.15, 0.2) is 24.4 Å². The van der Waals surface area contributed by atoms with E-state index in [2.05, 4.69) is 10.4 Å². The van der Waals surface area contributed by atoms with Gasteiger partial charge in [-0.3, -0.25) is 14.4 Å². The zero-order chi connectivity index (χ0) is 20.8. The molecule has 1 aromatic carbocycles. The van der Waals surface area contributed by atoms with Gasteiger partial charge in [0.25, 0.3) is 0 Å². The van der Waals surface area contributed by atoms with Gasteiger partial charge in [-0.2, -0.15) is 5.10 Å². The van der Waals surface area contributed by atoms with Gasteiger partial charge in [-0.1, -0.05) is 0 Å². The van der Waals surface area contributed by atoms with Gasteiger partial charge >= 0.3 is 6.09 Å². The van der Waals surface area contributed by atoms with Gasteiger partial charge in [0, 0.05) is 25.2 Å². The summed E-state index contributed by atoms with van der Waals surface area (Å²) in [5.41, 5.74) is 2.93. The molecule has 10 heteroatoms. The highest BCUT2D eigenvalue weighted by Gasteiger charge is 2.33. The Morgan fingerprint density at radius 3 is 2.87 bits per heavy atom. The summed E-state index contributed by atoms with van der Waals surface area (Å²) in [4.78, 5) is 26.5. The molecule has 2 amide bonds. The molecule has 2 atom stereocenters.